The first-order valence-electron chi connectivity index (χ1n) is 5.94. The Morgan fingerprint density at radius 1 is 1.50 bits per heavy atom. The van der Waals surface area contributed by atoms with E-state index in [0.29, 0.717) is 6.61 Å². The van der Waals surface area contributed by atoms with Crippen molar-refractivity contribution in [3.63, 3.8) is 0 Å². The summed E-state index contributed by atoms with van der Waals surface area (Å²) in [6.45, 7) is 3.12. The predicted octanol–water partition coefficient (Wildman–Crippen LogP) is 1.49. The number of hydrogen-bond donors (Lipinski definition) is 1. The van der Waals surface area contributed by atoms with Crippen LogP contribution < -0.4 is 15.0 Å². The van der Waals surface area contributed by atoms with E-state index in [0.717, 1.165) is 23.7 Å². The predicted molar refractivity (Wildman–Crippen MR) is 70.3 cm³/mol. The lowest BCUT2D eigenvalue weighted by Gasteiger charge is -2.30. The fourth-order valence-corrected chi connectivity index (χ4v) is 1.92. The van der Waals surface area contributed by atoms with Gasteiger partial charge in [-0.3, -0.25) is 4.79 Å². The summed E-state index contributed by atoms with van der Waals surface area (Å²) in [5, 5.41) is 3.22. The minimum absolute atomic E-state index is 0.0310. The van der Waals surface area contributed by atoms with Crippen molar-refractivity contribution >= 4 is 17.3 Å². The Hall–Kier alpha value is -1.75. The molecule has 5 heteroatoms. The van der Waals surface area contributed by atoms with Crippen LogP contribution in [0.3, 0.4) is 0 Å². The zero-order valence-electron chi connectivity index (χ0n) is 10.9. The van der Waals surface area contributed by atoms with Gasteiger partial charge in [0.2, 0.25) is 0 Å². The van der Waals surface area contributed by atoms with E-state index in [1.807, 2.05) is 18.2 Å². The van der Waals surface area contributed by atoms with Gasteiger partial charge in [0.25, 0.3) is 5.91 Å². The monoisotopic (exact) mass is 250 g/mol. The smallest absolute Gasteiger partial charge is 0.267 e. The highest BCUT2D eigenvalue weighted by Crippen LogP contribution is 2.35. The van der Waals surface area contributed by atoms with Gasteiger partial charge >= 0.3 is 0 Å². The number of anilines is 2. The summed E-state index contributed by atoms with van der Waals surface area (Å²) in [6, 6.07) is 5.73. The Bertz CT molecular complexity index is 448. The van der Waals surface area contributed by atoms with Gasteiger partial charge in [0.05, 0.1) is 12.3 Å². The number of ether oxygens (including phenoxy) is 2. The summed E-state index contributed by atoms with van der Waals surface area (Å²) < 4.78 is 10.5. The highest BCUT2D eigenvalue weighted by Gasteiger charge is 2.28. The van der Waals surface area contributed by atoms with Crippen LogP contribution in [0.25, 0.3) is 0 Å². The summed E-state index contributed by atoms with van der Waals surface area (Å²) >= 11 is 0. The first-order valence-corrected chi connectivity index (χ1v) is 5.94. The first-order chi connectivity index (χ1) is 8.63. The molecule has 1 unspecified atom stereocenters. The molecule has 1 N–H and O–H groups in total. The van der Waals surface area contributed by atoms with Crippen molar-refractivity contribution in [2.24, 2.45) is 0 Å². The van der Waals surface area contributed by atoms with Crippen LogP contribution in [-0.4, -0.2) is 39.3 Å². The van der Waals surface area contributed by atoms with Gasteiger partial charge in [-0.25, -0.2) is 0 Å². The number of rotatable bonds is 4. The van der Waals surface area contributed by atoms with Gasteiger partial charge in [0, 0.05) is 26.4 Å². The summed E-state index contributed by atoms with van der Waals surface area (Å²) in [4.78, 5) is 13.4. The Morgan fingerprint density at radius 3 is 3.00 bits per heavy atom. The molecule has 1 aromatic rings. The number of methoxy groups -OCH3 is 1. The average Bonchev–Trinajstić information content (AvgIpc) is 2.37. The Morgan fingerprint density at radius 2 is 2.28 bits per heavy atom. The molecule has 98 valence electrons. The number of carbonyl (C=O) groups is 1. The first kappa shape index (κ1) is 12.7. The molecule has 0 aliphatic carbocycles. The van der Waals surface area contributed by atoms with Crippen molar-refractivity contribution < 1.29 is 14.3 Å². The van der Waals surface area contributed by atoms with E-state index in [2.05, 4.69) is 5.32 Å². The minimum Gasteiger partial charge on any atom is -0.479 e. The molecule has 1 amide bonds. The van der Waals surface area contributed by atoms with Gasteiger partial charge in [0.1, 0.15) is 5.75 Å². The second-order valence-corrected chi connectivity index (χ2v) is 4.26. The largest absolute Gasteiger partial charge is 0.479 e. The van der Waals surface area contributed by atoms with Gasteiger partial charge in [-0.05, 0) is 25.1 Å². The lowest BCUT2D eigenvalue weighted by molar-refractivity contribution is -0.125. The van der Waals surface area contributed by atoms with Crippen molar-refractivity contribution in [1.82, 2.24) is 0 Å². The third-order valence-corrected chi connectivity index (χ3v) is 2.94. The summed E-state index contributed by atoms with van der Waals surface area (Å²) in [6.07, 6.45) is -0.421. The SMILES string of the molecule is COCCNc1ccc2c(c1)N(C)C(=O)C(C)O2. The number of carbonyl (C=O) groups excluding carboxylic acids is 1. The van der Waals surface area contributed by atoms with Crippen molar-refractivity contribution in [3.05, 3.63) is 18.2 Å². The van der Waals surface area contributed by atoms with E-state index >= 15 is 0 Å². The number of fused-ring (bicyclic) bond motifs is 1. The summed E-state index contributed by atoms with van der Waals surface area (Å²) in [5.41, 5.74) is 1.74. The van der Waals surface area contributed by atoms with Crippen molar-refractivity contribution in [1.29, 1.82) is 0 Å². The van der Waals surface area contributed by atoms with E-state index in [9.17, 15) is 4.79 Å². The fourth-order valence-electron chi connectivity index (χ4n) is 1.92. The topological polar surface area (TPSA) is 50.8 Å². The van der Waals surface area contributed by atoms with Crippen LogP contribution in [0.5, 0.6) is 5.75 Å². The summed E-state index contributed by atoms with van der Waals surface area (Å²) in [7, 11) is 3.43. The Kier molecular flexibility index (Phi) is 3.72. The van der Waals surface area contributed by atoms with Crippen LogP contribution in [0.15, 0.2) is 18.2 Å². The molecule has 1 heterocycles. The van der Waals surface area contributed by atoms with Crippen LogP contribution in [-0.2, 0) is 9.53 Å². The number of nitrogens with one attached hydrogen (secondary N) is 1. The molecule has 2 rings (SSSR count). The molecule has 0 aromatic heterocycles. The zero-order valence-corrected chi connectivity index (χ0v) is 10.9. The van der Waals surface area contributed by atoms with E-state index in [1.54, 1.807) is 26.0 Å². The average molecular weight is 250 g/mol. The maximum absolute atomic E-state index is 11.8. The molecular formula is C13H18N2O3. The van der Waals surface area contributed by atoms with Gasteiger partial charge < -0.3 is 19.7 Å². The fraction of sp³-hybridized carbons (Fsp3) is 0.462. The van der Waals surface area contributed by atoms with Crippen LogP contribution >= 0.6 is 0 Å². The molecule has 0 radical (unpaired) electrons. The van der Waals surface area contributed by atoms with Crippen LogP contribution in [0.2, 0.25) is 0 Å². The molecule has 1 aliphatic rings. The normalized spacial score (nSPS) is 18.3. The van der Waals surface area contributed by atoms with Crippen molar-refractivity contribution in [2.75, 3.05) is 37.5 Å². The molecular weight excluding hydrogens is 232 g/mol. The minimum atomic E-state index is -0.421. The zero-order chi connectivity index (χ0) is 13.1. The van der Waals surface area contributed by atoms with Gasteiger partial charge in [-0.2, -0.15) is 0 Å². The quantitative estimate of drug-likeness (QED) is 0.823. The second kappa shape index (κ2) is 5.27. The van der Waals surface area contributed by atoms with E-state index in [1.165, 1.54) is 0 Å². The molecule has 5 nitrogen and oxygen atoms in total. The van der Waals surface area contributed by atoms with E-state index in [-0.39, 0.29) is 5.91 Å². The van der Waals surface area contributed by atoms with Crippen molar-refractivity contribution in [2.45, 2.75) is 13.0 Å². The summed E-state index contributed by atoms with van der Waals surface area (Å²) in [5.74, 6) is 0.707. The molecule has 0 spiro atoms. The molecule has 0 saturated heterocycles. The van der Waals surface area contributed by atoms with Gasteiger partial charge in [-0.15, -0.1) is 0 Å². The molecule has 1 atom stereocenters. The Balaban J connectivity index is 2.18. The number of amides is 1. The van der Waals surface area contributed by atoms with Crippen LogP contribution in [0.1, 0.15) is 6.92 Å². The molecule has 18 heavy (non-hydrogen) atoms. The third kappa shape index (κ3) is 2.41. The maximum atomic E-state index is 11.8. The maximum Gasteiger partial charge on any atom is 0.267 e. The molecule has 1 aromatic carbocycles. The number of benzene rings is 1. The highest BCUT2D eigenvalue weighted by atomic mass is 16.5. The van der Waals surface area contributed by atoms with Gasteiger partial charge in [0.15, 0.2) is 6.10 Å². The molecule has 0 bridgehead atoms. The Labute approximate surface area is 107 Å². The lowest BCUT2D eigenvalue weighted by atomic mass is 10.2. The second-order valence-electron chi connectivity index (χ2n) is 4.26. The van der Waals surface area contributed by atoms with Crippen LogP contribution in [0, 0.1) is 0 Å². The number of hydrogen-bond acceptors (Lipinski definition) is 4. The lowest BCUT2D eigenvalue weighted by Crippen LogP contribution is -2.41. The highest BCUT2D eigenvalue weighted by molar-refractivity contribution is 5.99. The molecule has 0 fully saturated rings. The third-order valence-electron chi connectivity index (χ3n) is 2.94. The van der Waals surface area contributed by atoms with Crippen LogP contribution in [0.4, 0.5) is 11.4 Å². The molecule has 0 saturated carbocycles. The van der Waals surface area contributed by atoms with Crippen molar-refractivity contribution in [3.8, 4) is 5.75 Å². The standard InChI is InChI=1S/C13H18N2O3/c1-9-13(16)15(2)11-8-10(14-6-7-17-3)4-5-12(11)18-9/h4-5,8-9,14H,6-7H2,1-3H3. The van der Waals surface area contributed by atoms with E-state index in [4.69, 9.17) is 9.47 Å². The molecule has 1 aliphatic heterocycles. The van der Waals surface area contributed by atoms with E-state index < -0.39 is 6.10 Å². The van der Waals surface area contributed by atoms with Gasteiger partial charge in [-0.1, -0.05) is 0 Å². The number of nitrogens with zero attached hydrogens (tertiary/aromatic N) is 1. The number of likely N-dealkylation sites (N-methyl/N-ethyl adjacent to an activating group) is 1.